The fourth-order valence-electron chi connectivity index (χ4n) is 2.67. The lowest BCUT2D eigenvalue weighted by Crippen LogP contribution is -2.49. The van der Waals surface area contributed by atoms with E-state index in [9.17, 15) is 0 Å². The minimum absolute atomic E-state index is 0.207. The van der Waals surface area contributed by atoms with Crippen molar-refractivity contribution in [2.75, 3.05) is 0 Å². The van der Waals surface area contributed by atoms with Crippen LogP contribution in [0.2, 0.25) is 15.1 Å². The van der Waals surface area contributed by atoms with Gasteiger partial charge in [-0.2, -0.15) is 0 Å². The van der Waals surface area contributed by atoms with E-state index >= 15 is 0 Å². The zero-order valence-electron chi connectivity index (χ0n) is 14.0. The number of hydrogen-bond donors (Lipinski definition) is 0. The first kappa shape index (κ1) is 18.5. The highest BCUT2D eigenvalue weighted by Crippen LogP contribution is 2.31. The fraction of sp³-hybridized carbons (Fsp3) is 0.222. The van der Waals surface area contributed by atoms with Crippen molar-refractivity contribution >= 4 is 51.8 Å². The van der Waals surface area contributed by atoms with Gasteiger partial charge in [0.2, 0.25) is 0 Å². The van der Waals surface area contributed by atoms with E-state index in [0.717, 1.165) is 15.5 Å². The van der Waals surface area contributed by atoms with Crippen molar-refractivity contribution in [3.63, 3.8) is 0 Å². The third-order valence-corrected chi connectivity index (χ3v) is 5.35. The SMILES string of the molecule is Cc1sc(=Nc2ccccc2)n(-c2c(Cl)cc(Cl)cc2Cl)[n+]1C(C)C. The molecule has 0 bridgehead atoms. The molecule has 1 heterocycles. The van der Waals surface area contributed by atoms with Crippen LogP contribution in [0.15, 0.2) is 47.5 Å². The molecule has 130 valence electrons. The van der Waals surface area contributed by atoms with E-state index in [0.29, 0.717) is 20.8 Å². The molecule has 0 aliphatic rings. The average Bonchev–Trinajstić information content (AvgIpc) is 2.83. The van der Waals surface area contributed by atoms with E-state index in [1.165, 1.54) is 0 Å². The zero-order chi connectivity index (χ0) is 18.1. The van der Waals surface area contributed by atoms with Gasteiger partial charge in [-0.25, -0.2) is 4.99 Å². The Hall–Kier alpha value is -1.33. The van der Waals surface area contributed by atoms with Crippen LogP contribution in [0.1, 0.15) is 24.9 Å². The Bertz CT molecular complexity index is 952. The lowest BCUT2D eigenvalue weighted by molar-refractivity contribution is -0.788. The molecule has 0 aliphatic heterocycles. The van der Waals surface area contributed by atoms with Crippen LogP contribution < -0.4 is 9.48 Å². The maximum Gasteiger partial charge on any atom is 0.262 e. The van der Waals surface area contributed by atoms with Crippen LogP contribution in [0.3, 0.4) is 0 Å². The van der Waals surface area contributed by atoms with Gasteiger partial charge in [0.15, 0.2) is 6.04 Å². The van der Waals surface area contributed by atoms with Gasteiger partial charge in [0.1, 0.15) is 5.69 Å². The summed E-state index contributed by atoms with van der Waals surface area (Å²) in [6.45, 7) is 6.28. The van der Waals surface area contributed by atoms with Crippen LogP contribution >= 0.6 is 46.1 Å². The van der Waals surface area contributed by atoms with E-state index in [-0.39, 0.29) is 6.04 Å². The Balaban J connectivity index is 2.38. The monoisotopic (exact) mass is 412 g/mol. The predicted octanol–water partition coefficient (Wildman–Crippen LogP) is 5.91. The summed E-state index contributed by atoms with van der Waals surface area (Å²) >= 11 is 20.7. The molecular weight excluding hydrogens is 397 g/mol. The Morgan fingerprint density at radius 2 is 1.64 bits per heavy atom. The summed E-state index contributed by atoms with van der Waals surface area (Å²) in [5, 5.41) is 2.58. The molecular formula is C18H17Cl3N3S+. The second kappa shape index (κ2) is 7.50. The topological polar surface area (TPSA) is 21.2 Å². The van der Waals surface area contributed by atoms with E-state index in [1.807, 2.05) is 35.0 Å². The van der Waals surface area contributed by atoms with Crippen molar-refractivity contribution < 1.29 is 4.68 Å². The first-order valence-electron chi connectivity index (χ1n) is 7.77. The number of halogens is 3. The van der Waals surface area contributed by atoms with Gasteiger partial charge >= 0.3 is 0 Å². The van der Waals surface area contributed by atoms with Gasteiger partial charge in [-0.3, -0.25) is 0 Å². The van der Waals surface area contributed by atoms with Crippen LogP contribution in [-0.2, 0) is 0 Å². The molecule has 0 fully saturated rings. The lowest BCUT2D eigenvalue weighted by atomic mass is 10.3. The van der Waals surface area contributed by atoms with E-state index in [4.69, 9.17) is 39.8 Å². The summed E-state index contributed by atoms with van der Waals surface area (Å²) in [6.07, 6.45) is 0. The van der Waals surface area contributed by atoms with Gasteiger partial charge in [0.25, 0.3) is 9.81 Å². The standard InChI is InChI=1S/C18H17Cl3N3S/c1-11(2)23-12(3)25-18(22-14-7-5-4-6-8-14)24(23)17-15(20)9-13(19)10-16(17)21/h4-11H,1-3H3/q+1. The van der Waals surface area contributed by atoms with Crippen LogP contribution in [0.5, 0.6) is 0 Å². The van der Waals surface area contributed by atoms with Gasteiger partial charge in [-0.1, -0.05) is 62.4 Å². The highest BCUT2D eigenvalue weighted by atomic mass is 35.5. The van der Waals surface area contributed by atoms with Crippen molar-refractivity contribution in [3.8, 4) is 5.69 Å². The summed E-state index contributed by atoms with van der Waals surface area (Å²) in [4.78, 5) is 5.59. The van der Waals surface area contributed by atoms with Crippen LogP contribution in [0.25, 0.3) is 5.69 Å². The second-order valence-corrected chi connectivity index (χ2v) is 8.23. The van der Waals surface area contributed by atoms with E-state index < -0.39 is 0 Å². The van der Waals surface area contributed by atoms with Gasteiger partial charge < -0.3 is 0 Å². The molecule has 7 heteroatoms. The number of aromatic nitrogens is 2. The molecule has 0 spiro atoms. The minimum Gasteiger partial charge on any atom is -0.216 e. The summed E-state index contributed by atoms with van der Waals surface area (Å²) in [5.74, 6) is 0. The number of para-hydroxylation sites is 1. The highest BCUT2D eigenvalue weighted by molar-refractivity contribution is 7.08. The number of aryl methyl sites for hydroxylation is 1. The predicted molar refractivity (Wildman–Crippen MR) is 106 cm³/mol. The van der Waals surface area contributed by atoms with Crippen molar-refractivity contribution in [1.82, 2.24) is 4.68 Å². The average molecular weight is 414 g/mol. The Morgan fingerprint density at radius 1 is 1.04 bits per heavy atom. The molecule has 0 amide bonds. The number of benzene rings is 2. The minimum atomic E-state index is 0.207. The molecule has 25 heavy (non-hydrogen) atoms. The molecule has 0 saturated carbocycles. The Morgan fingerprint density at radius 3 is 2.20 bits per heavy atom. The van der Waals surface area contributed by atoms with E-state index in [2.05, 4.69) is 25.5 Å². The normalized spacial score (nSPS) is 12.2. The molecule has 2 aromatic carbocycles. The maximum atomic E-state index is 6.49. The quantitative estimate of drug-likeness (QED) is 0.476. The zero-order valence-corrected chi connectivity index (χ0v) is 17.1. The Kier molecular flexibility index (Phi) is 5.54. The first-order valence-corrected chi connectivity index (χ1v) is 9.72. The molecule has 0 N–H and O–H groups in total. The third kappa shape index (κ3) is 3.77. The third-order valence-electron chi connectivity index (χ3n) is 3.62. The summed E-state index contributed by atoms with van der Waals surface area (Å²) in [6, 6.07) is 13.4. The van der Waals surface area contributed by atoms with Crippen molar-refractivity contribution in [3.05, 3.63) is 67.3 Å². The van der Waals surface area contributed by atoms with Crippen LogP contribution in [0.4, 0.5) is 5.69 Å². The van der Waals surface area contributed by atoms with Gasteiger partial charge in [0.05, 0.1) is 15.7 Å². The molecule has 0 atom stereocenters. The summed E-state index contributed by atoms with van der Waals surface area (Å²) in [7, 11) is 0. The largest absolute Gasteiger partial charge is 0.262 e. The highest BCUT2D eigenvalue weighted by Gasteiger charge is 2.26. The van der Waals surface area contributed by atoms with Crippen LogP contribution in [0, 0.1) is 6.92 Å². The van der Waals surface area contributed by atoms with E-state index in [1.54, 1.807) is 23.5 Å². The lowest BCUT2D eigenvalue weighted by Gasteiger charge is -2.10. The fourth-order valence-corrected chi connectivity index (χ4v) is 4.72. The summed E-state index contributed by atoms with van der Waals surface area (Å²) < 4.78 is 4.10. The number of rotatable bonds is 3. The maximum absolute atomic E-state index is 6.49. The molecule has 0 unspecified atom stereocenters. The first-order chi connectivity index (χ1) is 11.9. The number of nitrogens with zero attached hydrogens (tertiary/aromatic N) is 3. The second-order valence-electron chi connectivity index (χ2n) is 5.82. The molecule has 0 radical (unpaired) electrons. The molecule has 0 aliphatic carbocycles. The molecule has 3 rings (SSSR count). The van der Waals surface area contributed by atoms with Crippen molar-refractivity contribution in [1.29, 1.82) is 0 Å². The van der Waals surface area contributed by atoms with Gasteiger partial charge in [0, 0.05) is 11.9 Å². The van der Waals surface area contributed by atoms with Crippen LogP contribution in [-0.4, -0.2) is 4.68 Å². The molecule has 3 nitrogen and oxygen atoms in total. The number of hydrogen-bond acceptors (Lipinski definition) is 2. The van der Waals surface area contributed by atoms with Gasteiger partial charge in [-0.15, -0.1) is 0 Å². The summed E-state index contributed by atoms with van der Waals surface area (Å²) in [5.41, 5.74) is 1.55. The van der Waals surface area contributed by atoms with Crippen molar-refractivity contribution in [2.24, 2.45) is 4.99 Å². The molecule has 0 saturated heterocycles. The smallest absolute Gasteiger partial charge is 0.216 e. The Labute approximate surface area is 165 Å². The molecule has 3 aromatic rings. The molecule has 1 aromatic heterocycles. The van der Waals surface area contributed by atoms with Gasteiger partial charge in [-0.05, 0) is 49.4 Å². The van der Waals surface area contributed by atoms with Crippen molar-refractivity contribution in [2.45, 2.75) is 26.8 Å².